The van der Waals surface area contributed by atoms with Crippen molar-refractivity contribution in [3.8, 4) is 0 Å². The summed E-state index contributed by atoms with van der Waals surface area (Å²) in [4.78, 5) is 2.47. The van der Waals surface area contributed by atoms with Crippen molar-refractivity contribution in [2.24, 2.45) is 0 Å². The maximum absolute atomic E-state index is 13.1. The Bertz CT molecular complexity index is 681. The van der Waals surface area contributed by atoms with E-state index in [2.05, 4.69) is 22.1 Å². The van der Waals surface area contributed by atoms with Crippen molar-refractivity contribution >= 4 is 0 Å². The molecule has 2 aromatic rings. The molecule has 24 heavy (non-hydrogen) atoms. The number of hydrogen-bond acceptors (Lipinski definition) is 2. The first-order chi connectivity index (χ1) is 11.5. The van der Waals surface area contributed by atoms with Crippen LogP contribution in [0.25, 0.3) is 0 Å². The minimum absolute atomic E-state index is 0.152. The van der Waals surface area contributed by atoms with Crippen LogP contribution in [0.5, 0.6) is 0 Å². The van der Waals surface area contributed by atoms with E-state index in [1.807, 2.05) is 18.2 Å². The van der Waals surface area contributed by atoms with Crippen LogP contribution < -0.4 is 0 Å². The molecule has 2 atom stereocenters. The van der Waals surface area contributed by atoms with Gasteiger partial charge in [0.2, 0.25) is 0 Å². The van der Waals surface area contributed by atoms with Crippen molar-refractivity contribution in [2.75, 3.05) is 0 Å². The number of benzene rings is 1. The second kappa shape index (κ2) is 5.92. The van der Waals surface area contributed by atoms with Gasteiger partial charge in [0.15, 0.2) is 0 Å². The molecular weight excluding hydrogens is 315 g/mol. The molecule has 2 aliphatic heterocycles. The number of fused-ring (bicyclic) bond motifs is 2. The highest BCUT2D eigenvalue weighted by Crippen LogP contribution is 2.43. The second-order valence-corrected chi connectivity index (χ2v) is 6.83. The molecule has 0 N–H and O–H groups in total. The fourth-order valence-electron chi connectivity index (χ4n) is 4.33. The zero-order chi connectivity index (χ0) is 16.7. The van der Waals surface area contributed by atoms with Gasteiger partial charge in [-0.1, -0.05) is 30.3 Å². The summed E-state index contributed by atoms with van der Waals surface area (Å²) in [6.07, 6.45) is 0.549. The maximum Gasteiger partial charge on any atom is 0.433 e. The largest absolute Gasteiger partial charge is 0.433 e. The standard InChI is InChI=1S/C18H20F3N3/c19-18(20,21)17-8-9-22-24(17)16-10-14-6-7-15(11-16)23(14)12-13-4-2-1-3-5-13/h1-5,8-9,14-16H,6-7,10-12H2. The van der Waals surface area contributed by atoms with Gasteiger partial charge in [-0.15, -0.1) is 0 Å². The Morgan fingerprint density at radius 1 is 0.958 bits per heavy atom. The predicted octanol–water partition coefficient (Wildman–Crippen LogP) is 4.27. The van der Waals surface area contributed by atoms with E-state index < -0.39 is 11.9 Å². The zero-order valence-corrected chi connectivity index (χ0v) is 13.3. The van der Waals surface area contributed by atoms with Gasteiger partial charge in [0.1, 0.15) is 5.69 Å². The number of nitrogens with zero attached hydrogens (tertiary/aromatic N) is 3. The van der Waals surface area contributed by atoms with Gasteiger partial charge in [0.05, 0.1) is 6.04 Å². The lowest BCUT2D eigenvalue weighted by Crippen LogP contribution is -2.43. The smallest absolute Gasteiger partial charge is 0.293 e. The summed E-state index contributed by atoms with van der Waals surface area (Å²) in [5, 5.41) is 3.99. The van der Waals surface area contributed by atoms with Gasteiger partial charge in [-0.3, -0.25) is 9.58 Å². The molecule has 2 saturated heterocycles. The van der Waals surface area contributed by atoms with Gasteiger partial charge in [-0.25, -0.2) is 0 Å². The topological polar surface area (TPSA) is 21.1 Å². The molecule has 2 aliphatic rings. The van der Waals surface area contributed by atoms with Crippen molar-refractivity contribution < 1.29 is 13.2 Å². The molecule has 3 nitrogen and oxygen atoms in total. The number of hydrogen-bond donors (Lipinski definition) is 0. The Morgan fingerprint density at radius 3 is 2.25 bits per heavy atom. The Hall–Kier alpha value is -1.82. The molecule has 2 fully saturated rings. The Kier molecular flexibility index (Phi) is 3.87. The van der Waals surface area contributed by atoms with E-state index in [1.54, 1.807) is 0 Å². The monoisotopic (exact) mass is 335 g/mol. The molecule has 6 heteroatoms. The highest BCUT2D eigenvalue weighted by molar-refractivity contribution is 5.16. The van der Waals surface area contributed by atoms with Crippen LogP contribution in [0.1, 0.15) is 43.0 Å². The van der Waals surface area contributed by atoms with Crippen LogP contribution in [0, 0.1) is 0 Å². The number of piperidine rings is 1. The first-order valence-electron chi connectivity index (χ1n) is 8.43. The van der Waals surface area contributed by atoms with Gasteiger partial charge in [0.25, 0.3) is 0 Å². The molecule has 0 saturated carbocycles. The highest BCUT2D eigenvalue weighted by atomic mass is 19.4. The summed E-state index contributed by atoms with van der Waals surface area (Å²) in [6, 6.07) is 11.9. The Balaban J connectivity index is 1.52. The molecule has 0 spiro atoms. The molecule has 0 radical (unpaired) electrons. The van der Waals surface area contributed by atoms with Crippen LogP contribution in [0.3, 0.4) is 0 Å². The summed E-state index contributed by atoms with van der Waals surface area (Å²) in [5.74, 6) is 0. The average molecular weight is 335 g/mol. The molecule has 2 unspecified atom stereocenters. The molecule has 0 amide bonds. The first-order valence-corrected chi connectivity index (χ1v) is 8.43. The quantitative estimate of drug-likeness (QED) is 0.835. The molecule has 1 aromatic heterocycles. The summed E-state index contributed by atoms with van der Waals surface area (Å²) >= 11 is 0. The summed E-state index contributed by atoms with van der Waals surface area (Å²) in [7, 11) is 0. The average Bonchev–Trinajstić information content (AvgIpc) is 3.12. The van der Waals surface area contributed by atoms with Gasteiger partial charge in [-0.2, -0.15) is 18.3 Å². The molecule has 3 heterocycles. The SMILES string of the molecule is FC(F)(F)c1ccnn1C1CC2CCC(C1)N2Cc1ccccc1. The molecule has 1 aromatic carbocycles. The number of alkyl halides is 3. The van der Waals surface area contributed by atoms with Gasteiger partial charge >= 0.3 is 6.18 Å². The van der Waals surface area contributed by atoms with Gasteiger partial charge in [0, 0.05) is 24.8 Å². The van der Waals surface area contributed by atoms with Gasteiger partial charge < -0.3 is 0 Å². The maximum atomic E-state index is 13.1. The summed E-state index contributed by atoms with van der Waals surface area (Å²) in [6.45, 7) is 0.883. The lowest BCUT2D eigenvalue weighted by Gasteiger charge is -2.39. The third kappa shape index (κ3) is 2.83. The number of aromatic nitrogens is 2. The van der Waals surface area contributed by atoms with E-state index in [0.717, 1.165) is 38.3 Å². The third-order valence-electron chi connectivity index (χ3n) is 5.37. The van der Waals surface area contributed by atoms with Crippen LogP contribution in [0.4, 0.5) is 13.2 Å². The van der Waals surface area contributed by atoms with Crippen LogP contribution in [-0.4, -0.2) is 26.8 Å². The summed E-state index contributed by atoms with van der Waals surface area (Å²) in [5.41, 5.74) is 0.645. The fourth-order valence-corrected chi connectivity index (χ4v) is 4.33. The first kappa shape index (κ1) is 15.7. The van der Waals surface area contributed by atoms with Crippen molar-refractivity contribution in [1.82, 2.24) is 14.7 Å². The minimum atomic E-state index is -4.34. The van der Waals surface area contributed by atoms with Crippen LogP contribution in [0.15, 0.2) is 42.6 Å². The lowest BCUT2D eigenvalue weighted by atomic mass is 9.96. The minimum Gasteiger partial charge on any atom is -0.293 e. The Labute approximate surface area is 139 Å². The van der Waals surface area contributed by atoms with E-state index >= 15 is 0 Å². The Morgan fingerprint density at radius 2 is 1.62 bits per heavy atom. The number of rotatable bonds is 3. The van der Waals surface area contributed by atoms with Crippen LogP contribution >= 0.6 is 0 Å². The third-order valence-corrected chi connectivity index (χ3v) is 5.37. The molecule has 0 aliphatic carbocycles. The van der Waals surface area contributed by atoms with E-state index in [0.29, 0.717) is 12.1 Å². The molecular formula is C18H20F3N3. The van der Waals surface area contributed by atoms with E-state index in [9.17, 15) is 13.2 Å². The van der Waals surface area contributed by atoms with Crippen molar-refractivity contribution in [1.29, 1.82) is 0 Å². The zero-order valence-electron chi connectivity index (χ0n) is 13.3. The van der Waals surface area contributed by atoms with Crippen molar-refractivity contribution in [3.05, 3.63) is 53.9 Å². The molecule has 128 valence electrons. The van der Waals surface area contributed by atoms with E-state index in [1.165, 1.54) is 16.4 Å². The normalized spacial score (nSPS) is 27.5. The number of halogens is 3. The predicted molar refractivity (Wildman–Crippen MR) is 84.3 cm³/mol. The van der Waals surface area contributed by atoms with Crippen LogP contribution in [0.2, 0.25) is 0 Å². The van der Waals surface area contributed by atoms with E-state index in [4.69, 9.17) is 0 Å². The second-order valence-electron chi connectivity index (χ2n) is 6.83. The molecule has 4 rings (SSSR count). The van der Waals surface area contributed by atoms with Crippen molar-refractivity contribution in [3.63, 3.8) is 0 Å². The lowest BCUT2D eigenvalue weighted by molar-refractivity contribution is -0.145. The van der Waals surface area contributed by atoms with Crippen molar-refractivity contribution in [2.45, 2.75) is 56.5 Å². The van der Waals surface area contributed by atoms with Gasteiger partial charge in [-0.05, 0) is 37.3 Å². The van der Waals surface area contributed by atoms with E-state index in [-0.39, 0.29) is 6.04 Å². The molecule has 2 bridgehead atoms. The van der Waals surface area contributed by atoms with Crippen LogP contribution in [-0.2, 0) is 12.7 Å². The fraction of sp³-hybridized carbons (Fsp3) is 0.500. The highest BCUT2D eigenvalue weighted by Gasteiger charge is 2.44. The summed E-state index contributed by atoms with van der Waals surface area (Å²) < 4.78 is 40.6.